The van der Waals surface area contributed by atoms with Crippen LogP contribution >= 0.6 is 0 Å². The molecule has 65 heavy (non-hydrogen) atoms. The lowest BCUT2D eigenvalue weighted by Crippen LogP contribution is -2.42. The van der Waals surface area contributed by atoms with Crippen molar-refractivity contribution in [2.75, 3.05) is 26.2 Å². The minimum absolute atomic E-state index is 0.221. The van der Waals surface area contributed by atoms with Crippen LogP contribution in [0, 0.1) is 0 Å². The maximum absolute atomic E-state index is 12.6. The van der Waals surface area contributed by atoms with Gasteiger partial charge in [0.1, 0.15) is 42.0 Å². The predicted molar refractivity (Wildman–Crippen MR) is 255 cm³/mol. The minimum atomic E-state index is -0.496. The zero-order chi connectivity index (χ0) is 44.6. The second kappa shape index (κ2) is 19.8. The van der Waals surface area contributed by atoms with Gasteiger partial charge in [-0.3, -0.25) is 0 Å². The number of hydrogen-bond acceptors (Lipinski definition) is 9. The Morgan fingerprint density at radius 1 is 0.662 bits per heavy atom. The normalized spacial score (nSPS) is 16.4. The van der Waals surface area contributed by atoms with Gasteiger partial charge in [0.15, 0.2) is 11.3 Å². The van der Waals surface area contributed by atoms with Crippen molar-refractivity contribution in [2.24, 2.45) is 0 Å². The molecule has 2 aliphatic heterocycles. The van der Waals surface area contributed by atoms with Crippen LogP contribution in [0.2, 0.25) is 0 Å². The summed E-state index contributed by atoms with van der Waals surface area (Å²) < 4.78 is 17.2. The summed E-state index contributed by atoms with van der Waals surface area (Å²) in [4.78, 5) is 39.8. The number of H-pyrrole nitrogens is 2. The molecule has 4 aromatic carbocycles. The zero-order valence-electron chi connectivity index (χ0n) is 37.3. The number of benzene rings is 4. The van der Waals surface area contributed by atoms with Crippen LogP contribution in [0.1, 0.15) is 80.5 Å². The molecule has 0 spiro atoms. The SMILES string of the molecule is CC(C)(C)OC(=O)N1CCCC(c2cnc3nc(-c4ccc(COc5ccccc5)cc4)[nH]c3c2)C1.c1ccc(OCc2ccc(-c3nc4ncc(C5CCCNC5)cc4[nH]3)cc2)cc1. The molecule has 4 aromatic heterocycles. The molecule has 0 radical (unpaired) electrons. The number of rotatable bonds is 10. The van der Waals surface area contributed by atoms with Crippen LogP contribution < -0.4 is 14.8 Å². The molecule has 1 amide bonds. The van der Waals surface area contributed by atoms with Gasteiger partial charge in [-0.2, -0.15) is 0 Å². The molecule has 12 heteroatoms. The first-order chi connectivity index (χ1) is 31.7. The highest BCUT2D eigenvalue weighted by Gasteiger charge is 2.29. The van der Waals surface area contributed by atoms with E-state index in [0.717, 1.165) is 100 Å². The number of pyridine rings is 2. The molecule has 6 heterocycles. The van der Waals surface area contributed by atoms with Crippen molar-refractivity contribution < 1.29 is 19.0 Å². The second-order valence-corrected chi connectivity index (χ2v) is 17.9. The van der Waals surface area contributed by atoms with E-state index in [9.17, 15) is 4.79 Å². The summed E-state index contributed by atoms with van der Waals surface area (Å²) in [6.45, 7) is 10.2. The van der Waals surface area contributed by atoms with E-state index in [1.165, 1.54) is 18.4 Å². The monoisotopic (exact) mass is 868 g/mol. The molecular weight excluding hydrogens is 813 g/mol. The first kappa shape index (κ1) is 43.2. The van der Waals surface area contributed by atoms with Crippen LogP contribution in [0.5, 0.6) is 11.5 Å². The van der Waals surface area contributed by atoms with Gasteiger partial charge >= 0.3 is 6.09 Å². The smallest absolute Gasteiger partial charge is 0.410 e. The van der Waals surface area contributed by atoms with E-state index in [-0.39, 0.29) is 12.0 Å². The van der Waals surface area contributed by atoms with Crippen LogP contribution in [0.25, 0.3) is 45.1 Å². The fraction of sp³-hybridized carbons (Fsp3) is 0.302. The number of imidazole rings is 2. The average molecular weight is 869 g/mol. The number of carbonyl (C=O) groups excluding carboxylic acids is 1. The van der Waals surface area contributed by atoms with Crippen molar-refractivity contribution >= 4 is 28.4 Å². The van der Waals surface area contributed by atoms with E-state index in [1.807, 2.05) is 111 Å². The Morgan fingerprint density at radius 2 is 1.17 bits per heavy atom. The molecule has 2 atom stereocenters. The molecular formula is C53H56N8O4. The first-order valence-electron chi connectivity index (χ1n) is 22.6. The van der Waals surface area contributed by atoms with E-state index in [0.29, 0.717) is 31.3 Å². The molecule has 2 saturated heterocycles. The highest BCUT2D eigenvalue weighted by molar-refractivity contribution is 5.77. The van der Waals surface area contributed by atoms with Gasteiger partial charge in [-0.25, -0.2) is 24.7 Å². The fourth-order valence-corrected chi connectivity index (χ4v) is 8.31. The van der Waals surface area contributed by atoms with Crippen molar-refractivity contribution in [3.63, 3.8) is 0 Å². The number of fused-ring (bicyclic) bond motifs is 2. The number of nitrogens with one attached hydrogen (secondary N) is 3. The van der Waals surface area contributed by atoms with E-state index in [4.69, 9.17) is 19.2 Å². The topological polar surface area (TPSA) is 143 Å². The first-order valence-corrected chi connectivity index (χ1v) is 22.6. The molecule has 0 aliphatic carbocycles. The van der Waals surface area contributed by atoms with Crippen LogP contribution in [-0.2, 0) is 18.0 Å². The van der Waals surface area contributed by atoms with Crippen LogP contribution in [-0.4, -0.2) is 72.7 Å². The standard InChI is InChI=1S/C29H32N4O3.C24H24N4O/c1-29(2,3)36-28(34)33-15-7-8-22(18-33)23-16-25-27(30-17-23)32-26(31-25)21-13-11-20(12-14-21)19-35-24-9-5-4-6-10-24;1-2-6-21(7-3-1)29-16-17-8-10-18(11-9-17)23-27-22-13-20(15-26-24(22)28-23)19-5-4-12-25-14-19/h4-6,9-14,16-17,22H,7-8,15,18-19H2,1-3H3,(H,30,31,32);1-3,6-11,13,15,19,25H,4-5,12,14,16H2,(H,26,27,28). The zero-order valence-corrected chi connectivity index (χ0v) is 37.3. The van der Waals surface area contributed by atoms with Crippen molar-refractivity contribution in [2.45, 2.75) is 77.1 Å². The Labute approximate surface area is 379 Å². The molecule has 2 aliphatic rings. The lowest BCUT2D eigenvalue weighted by atomic mass is 9.92. The van der Waals surface area contributed by atoms with Gasteiger partial charge in [-0.05, 0) is 118 Å². The van der Waals surface area contributed by atoms with Crippen LogP contribution in [0.15, 0.2) is 134 Å². The van der Waals surface area contributed by atoms with Crippen LogP contribution in [0.3, 0.4) is 0 Å². The van der Waals surface area contributed by atoms with Crippen molar-refractivity contribution in [1.82, 2.24) is 40.1 Å². The summed E-state index contributed by atoms with van der Waals surface area (Å²) in [5.41, 5.74) is 9.50. The number of hydrogen-bond donors (Lipinski definition) is 3. The lowest BCUT2D eigenvalue weighted by Gasteiger charge is -2.34. The quantitative estimate of drug-likeness (QED) is 0.122. The number of aromatic amines is 2. The summed E-state index contributed by atoms with van der Waals surface area (Å²) in [6.07, 6.45) is 8.01. The third kappa shape index (κ3) is 11.2. The highest BCUT2D eigenvalue weighted by atomic mass is 16.6. The Kier molecular flexibility index (Phi) is 13.1. The second-order valence-electron chi connectivity index (χ2n) is 17.9. The number of nitrogens with zero attached hydrogens (tertiary/aromatic N) is 5. The minimum Gasteiger partial charge on any atom is -0.489 e. The average Bonchev–Trinajstić information content (AvgIpc) is 3.98. The van der Waals surface area contributed by atoms with E-state index < -0.39 is 5.60 Å². The van der Waals surface area contributed by atoms with Crippen molar-refractivity contribution in [3.8, 4) is 34.3 Å². The highest BCUT2D eigenvalue weighted by Crippen LogP contribution is 2.31. The maximum atomic E-state index is 12.6. The summed E-state index contributed by atoms with van der Waals surface area (Å²) >= 11 is 0. The molecule has 2 unspecified atom stereocenters. The maximum Gasteiger partial charge on any atom is 0.410 e. The number of aromatic nitrogens is 6. The Bertz CT molecular complexity index is 2800. The molecule has 0 saturated carbocycles. The molecule has 3 N–H and O–H groups in total. The van der Waals surface area contributed by atoms with Gasteiger partial charge in [-0.15, -0.1) is 0 Å². The number of likely N-dealkylation sites (tertiary alicyclic amines) is 1. The van der Waals surface area contributed by atoms with Gasteiger partial charge in [0.05, 0.1) is 11.0 Å². The summed E-state index contributed by atoms with van der Waals surface area (Å²) in [6, 6.07) is 40.5. The van der Waals surface area contributed by atoms with Gasteiger partial charge in [0, 0.05) is 49.1 Å². The van der Waals surface area contributed by atoms with Gasteiger partial charge in [0.25, 0.3) is 0 Å². The van der Waals surface area contributed by atoms with Gasteiger partial charge in [-0.1, -0.05) is 84.9 Å². The molecule has 8 aromatic rings. The fourth-order valence-electron chi connectivity index (χ4n) is 8.31. The van der Waals surface area contributed by atoms with Gasteiger partial charge in [0.2, 0.25) is 0 Å². The number of carbonyl (C=O) groups is 1. The van der Waals surface area contributed by atoms with Crippen molar-refractivity contribution in [3.05, 3.63) is 156 Å². The largest absolute Gasteiger partial charge is 0.489 e. The lowest BCUT2D eigenvalue weighted by molar-refractivity contribution is 0.0198. The third-order valence-corrected chi connectivity index (χ3v) is 11.8. The Morgan fingerprint density at radius 3 is 1.66 bits per heavy atom. The molecule has 2 fully saturated rings. The molecule has 332 valence electrons. The van der Waals surface area contributed by atoms with E-state index in [1.54, 1.807) is 0 Å². The number of piperidine rings is 2. The molecule has 12 nitrogen and oxygen atoms in total. The van der Waals surface area contributed by atoms with E-state index in [2.05, 4.69) is 78.8 Å². The van der Waals surface area contributed by atoms with Crippen LogP contribution in [0.4, 0.5) is 4.79 Å². The Balaban J connectivity index is 0.000000168. The number of ether oxygens (including phenoxy) is 3. The predicted octanol–water partition coefficient (Wildman–Crippen LogP) is 11.0. The van der Waals surface area contributed by atoms with E-state index >= 15 is 0 Å². The van der Waals surface area contributed by atoms with Gasteiger partial charge < -0.3 is 34.4 Å². The number of amides is 1. The Hall–Kier alpha value is -7.05. The summed E-state index contributed by atoms with van der Waals surface area (Å²) in [5.74, 6) is 4.12. The third-order valence-electron chi connectivity index (χ3n) is 11.8. The molecule has 10 rings (SSSR count). The number of para-hydroxylation sites is 2. The molecule has 0 bridgehead atoms. The summed E-state index contributed by atoms with van der Waals surface area (Å²) in [7, 11) is 0. The van der Waals surface area contributed by atoms with Crippen molar-refractivity contribution in [1.29, 1.82) is 0 Å². The summed E-state index contributed by atoms with van der Waals surface area (Å²) in [5, 5.41) is 3.47.